The second kappa shape index (κ2) is 7.35. The summed E-state index contributed by atoms with van der Waals surface area (Å²) in [7, 11) is 0. The number of halogens is 1. The van der Waals surface area contributed by atoms with Gasteiger partial charge in [0, 0.05) is 28.2 Å². The van der Waals surface area contributed by atoms with Gasteiger partial charge in [-0.2, -0.15) is 0 Å². The summed E-state index contributed by atoms with van der Waals surface area (Å²) in [5.74, 6) is -1.94. The third-order valence-electron chi connectivity index (χ3n) is 7.04. The maximum atomic E-state index is 14.0. The molecule has 3 aromatic rings. The topological polar surface area (TPSA) is 70.6 Å². The molecular weight excluding hydrogens is 482 g/mol. The van der Waals surface area contributed by atoms with Crippen LogP contribution in [0.3, 0.4) is 0 Å². The molecule has 4 heterocycles. The lowest BCUT2D eigenvalue weighted by Crippen LogP contribution is -2.48. The summed E-state index contributed by atoms with van der Waals surface area (Å²) in [6.07, 6.45) is 5.68. The average molecular weight is 502 g/mol. The number of imide groups is 1. The minimum Gasteiger partial charge on any atom is -0.351 e. The number of rotatable bonds is 3. The summed E-state index contributed by atoms with van der Waals surface area (Å²) in [4.78, 5) is 48.6. The third-order valence-corrected chi connectivity index (χ3v) is 7.57. The lowest BCUT2D eigenvalue weighted by atomic mass is 9.86. The number of hydrogen-bond acceptors (Lipinski definition) is 5. The van der Waals surface area contributed by atoms with Crippen LogP contribution in [0.1, 0.15) is 22.8 Å². The van der Waals surface area contributed by atoms with E-state index in [0.717, 1.165) is 26.6 Å². The highest BCUT2D eigenvalue weighted by molar-refractivity contribution is 9.10. The molecule has 6 nitrogen and oxygen atoms in total. The van der Waals surface area contributed by atoms with Crippen LogP contribution in [0.5, 0.6) is 0 Å². The molecule has 164 valence electrons. The van der Waals surface area contributed by atoms with Crippen LogP contribution in [0.4, 0.5) is 5.69 Å². The van der Waals surface area contributed by atoms with E-state index in [1.807, 2.05) is 53.5 Å². The van der Waals surface area contributed by atoms with Crippen LogP contribution in [0.2, 0.25) is 0 Å². The molecule has 0 N–H and O–H groups in total. The van der Waals surface area contributed by atoms with E-state index < -0.39 is 17.9 Å². The van der Waals surface area contributed by atoms with Crippen LogP contribution < -0.4 is 4.90 Å². The zero-order chi connectivity index (χ0) is 22.9. The Morgan fingerprint density at radius 3 is 2.55 bits per heavy atom. The first-order valence-corrected chi connectivity index (χ1v) is 11.8. The van der Waals surface area contributed by atoms with E-state index in [1.54, 1.807) is 25.3 Å². The van der Waals surface area contributed by atoms with Crippen LogP contribution >= 0.6 is 15.9 Å². The number of aromatic nitrogens is 1. The number of pyridine rings is 1. The largest absolute Gasteiger partial charge is 0.351 e. The minimum atomic E-state index is -0.787. The second-order valence-electron chi connectivity index (χ2n) is 8.62. The van der Waals surface area contributed by atoms with E-state index in [0.29, 0.717) is 12.1 Å². The summed E-state index contributed by atoms with van der Waals surface area (Å²) >= 11 is 3.42. The molecule has 6 rings (SSSR count). The SMILES string of the molecule is CCN1C(=O)C2C(C1=O)C(C(=O)c1ccc(Br)cc1)N1c3c(ccc4cccnc34)C=CC21. The minimum absolute atomic E-state index is 0.159. The second-order valence-corrected chi connectivity index (χ2v) is 9.54. The molecule has 4 unspecified atom stereocenters. The van der Waals surface area contributed by atoms with E-state index in [-0.39, 0.29) is 23.6 Å². The molecule has 2 amide bonds. The quantitative estimate of drug-likeness (QED) is 0.399. The number of ketones is 1. The van der Waals surface area contributed by atoms with Crippen molar-refractivity contribution in [2.75, 3.05) is 11.4 Å². The number of hydrogen-bond donors (Lipinski definition) is 0. The normalized spacial score (nSPS) is 25.4. The number of Topliss-reactive ketones (excluding diaryl/α,β-unsaturated/α-hetero) is 1. The smallest absolute Gasteiger partial charge is 0.235 e. The van der Waals surface area contributed by atoms with Gasteiger partial charge >= 0.3 is 0 Å². The van der Waals surface area contributed by atoms with E-state index in [4.69, 9.17) is 0 Å². The number of carbonyl (C=O) groups is 3. The Kier molecular flexibility index (Phi) is 4.52. The Morgan fingerprint density at radius 1 is 1.03 bits per heavy atom. The lowest BCUT2D eigenvalue weighted by molar-refractivity contribution is -0.140. The fraction of sp³-hybridized carbons (Fsp3) is 0.231. The van der Waals surface area contributed by atoms with Crippen LogP contribution in [-0.4, -0.2) is 46.1 Å². The van der Waals surface area contributed by atoms with Crippen molar-refractivity contribution in [3.8, 4) is 0 Å². The Morgan fingerprint density at radius 2 is 1.79 bits per heavy atom. The fourth-order valence-corrected chi connectivity index (χ4v) is 5.90. The number of anilines is 1. The van der Waals surface area contributed by atoms with Crippen LogP contribution in [0.15, 0.2) is 65.3 Å². The number of carbonyl (C=O) groups excluding carboxylic acids is 3. The van der Waals surface area contributed by atoms with Crippen molar-refractivity contribution in [3.05, 3.63) is 76.4 Å². The first-order valence-electron chi connectivity index (χ1n) is 11.0. The highest BCUT2D eigenvalue weighted by atomic mass is 79.9. The van der Waals surface area contributed by atoms with Crippen molar-refractivity contribution in [1.29, 1.82) is 0 Å². The van der Waals surface area contributed by atoms with E-state index in [9.17, 15) is 14.4 Å². The van der Waals surface area contributed by atoms with Gasteiger partial charge in [-0.3, -0.25) is 24.3 Å². The van der Waals surface area contributed by atoms with Crippen molar-refractivity contribution in [3.63, 3.8) is 0 Å². The number of fused-ring (bicyclic) bond motifs is 7. The molecule has 3 aliphatic rings. The molecule has 0 radical (unpaired) electrons. The number of nitrogens with zero attached hydrogens (tertiary/aromatic N) is 3. The van der Waals surface area contributed by atoms with Gasteiger partial charge in [-0.15, -0.1) is 0 Å². The lowest BCUT2D eigenvalue weighted by Gasteiger charge is -2.37. The van der Waals surface area contributed by atoms with Gasteiger partial charge in [-0.25, -0.2) is 0 Å². The van der Waals surface area contributed by atoms with Gasteiger partial charge in [-0.1, -0.05) is 58.4 Å². The van der Waals surface area contributed by atoms with E-state index >= 15 is 0 Å². The predicted octanol–water partition coefficient (Wildman–Crippen LogP) is 4.09. The summed E-state index contributed by atoms with van der Waals surface area (Å²) in [6, 6.07) is 13.8. The van der Waals surface area contributed by atoms with Crippen molar-refractivity contribution in [2.24, 2.45) is 11.8 Å². The molecule has 0 bridgehead atoms. The molecule has 2 saturated heterocycles. The molecule has 1 aromatic heterocycles. The zero-order valence-corrected chi connectivity index (χ0v) is 19.4. The molecule has 7 heteroatoms. The molecule has 4 atom stereocenters. The van der Waals surface area contributed by atoms with Gasteiger partial charge in [-0.05, 0) is 30.7 Å². The summed E-state index contributed by atoms with van der Waals surface area (Å²) < 4.78 is 0.868. The molecule has 2 fully saturated rings. The molecule has 2 aromatic carbocycles. The van der Waals surface area contributed by atoms with Gasteiger partial charge in [0.1, 0.15) is 6.04 Å². The molecule has 0 aliphatic carbocycles. The molecule has 0 spiro atoms. The first kappa shape index (κ1) is 20.3. The van der Waals surface area contributed by atoms with Gasteiger partial charge < -0.3 is 4.90 Å². The highest BCUT2D eigenvalue weighted by Gasteiger charge is 2.63. The van der Waals surface area contributed by atoms with Crippen molar-refractivity contribution < 1.29 is 14.4 Å². The Labute approximate surface area is 199 Å². The summed E-state index contributed by atoms with van der Waals surface area (Å²) in [5, 5.41) is 0.949. The number of benzene rings is 2. The maximum Gasteiger partial charge on any atom is 0.235 e. The Bertz CT molecular complexity index is 1370. The number of likely N-dealkylation sites (tertiary alicyclic amines) is 1. The Hall–Kier alpha value is -3.32. The van der Waals surface area contributed by atoms with Crippen LogP contribution in [-0.2, 0) is 9.59 Å². The van der Waals surface area contributed by atoms with Crippen molar-refractivity contribution in [2.45, 2.75) is 19.0 Å². The van der Waals surface area contributed by atoms with Crippen molar-refractivity contribution >= 4 is 56.2 Å². The fourth-order valence-electron chi connectivity index (χ4n) is 5.64. The van der Waals surface area contributed by atoms with Gasteiger partial charge in [0.25, 0.3) is 0 Å². The molecular formula is C26H20BrN3O3. The first-order chi connectivity index (χ1) is 16.0. The van der Waals surface area contributed by atoms with Gasteiger partial charge in [0.05, 0.1) is 29.1 Å². The monoisotopic (exact) mass is 501 g/mol. The van der Waals surface area contributed by atoms with Crippen LogP contribution in [0.25, 0.3) is 17.0 Å². The highest BCUT2D eigenvalue weighted by Crippen LogP contribution is 2.50. The van der Waals surface area contributed by atoms with Gasteiger partial charge in [0.15, 0.2) is 5.78 Å². The van der Waals surface area contributed by atoms with Crippen LogP contribution in [0, 0.1) is 11.8 Å². The average Bonchev–Trinajstić information content (AvgIpc) is 3.31. The summed E-state index contributed by atoms with van der Waals surface area (Å²) in [5.41, 5.74) is 3.03. The number of amides is 2. The Balaban J connectivity index is 1.58. The predicted molar refractivity (Wildman–Crippen MR) is 129 cm³/mol. The third kappa shape index (κ3) is 2.78. The van der Waals surface area contributed by atoms with Gasteiger partial charge in [0.2, 0.25) is 11.8 Å². The van der Waals surface area contributed by atoms with Crippen molar-refractivity contribution in [1.82, 2.24) is 9.88 Å². The van der Waals surface area contributed by atoms with E-state index in [1.165, 1.54) is 4.90 Å². The molecule has 3 aliphatic heterocycles. The molecule has 0 saturated carbocycles. The maximum absolute atomic E-state index is 14.0. The summed E-state index contributed by atoms with van der Waals surface area (Å²) in [6.45, 7) is 2.10. The zero-order valence-electron chi connectivity index (χ0n) is 17.8. The molecule has 33 heavy (non-hydrogen) atoms. The standard InChI is InChI=1S/C26H20BrN3O3/c1-2-29-25(32)19-18-12-9-15-6-5-14-4-3-13-28-21(14)22(15)30(18)23(20(19)26(29)33)24(31)16-7-10-17(27)11-8-16/h3-13,18-20,23H,2H2,1H3. The van der Waals surface area contributed by atoms with E-state index in [2.05, 4.69) is 20.9 Å².